The maximum Gasteiger partial charge on any atom is 0.0200 e. The summed E-state index contributed by atoms with van der Waals surface area (Å²) >= 11 is 0. The highest BCUT2D eigenvalue weighted by atomic mass is 14.3. The average molecular weight is 260 g/mol. The highest BCUT2D eigenvalue weighted by molar-refractivity contribution is 4.96. The van der Waals surface area contributed by atoms with Gasteiger partial charge in [0.05, 0.1) is 0 Å². The van der Waals surface area contributed by atoms with Crippen LogP contribution in [0.2, 0.25) is 0 Å². The minimum Gasteiger partial charge on any atom is -0.120 e. The van der Waals surface area contributed by atoms with Crippen LogP contribution in [0.4, 0.5) is 0 Å². The molecule has 0 N–H and O–H groups in total. The Labute approximate surface area is 120 Å². The van der Waals surface area contributed by atoms with E-state index in [0.29, 0.717) is 5.92 Å². The molecule has 0 saturated heterocycles. The maximum atomic E-state index is 5.55. The predicted molar refractivity (Wildman–Crippen MR) is 83.9 cm³/mol. The number of hydrogen-bond donors (Lipinski definition) is 0. The van der Waals surface area contributed by atoms with Crippen LogP contribution >= 0.6 is 0 Å². The molecule has 0 aromatic heterocycles. The van der Waals surface area contributed by atoms with E-state index in [1.165, 1.54) is 77.0 Å². The molecule has 2 fully saturated rings. The molecule has 2 aliphatic rings. The molecule has 0 aliphatic heterocycles. The van der Waals surface area contributed by atoms with Crippen molar-refractivity contribution in [1.82, 2.24) is 0 Å². The third kappa shape index (κ3) is 4.55. The third-order valence-corrected chi connectivity index (χ3v) is 5.78. The van der Waals surface area contributed by atoms with Crippen LogP contribution in [-0.4, -0.2) is 0 Å². The second-order valence-corrected chi connectivity index (χ2v) is 7.05. The van der Waals surface area contributed by atoms with Gasteiger partial charge in [-0.2, -0.15) is 0 Å². The average Bonchev–Trinajstić information content (AvgIpc) is 2.48. The first-order chi connectivity index (χ1) is 9.33. The van der Waals surface area contributed by atoms with Crippen molar-refractivity contribution in [2.45, 2.75) is 84.0 Å². The maximum absolute atomic E-state index is 5.55. The van der Waals surface area contributed by atoms with Gasteiger partial charge in [-0.15, -0.1) is 12.3 Å². The second-order valence-electron chi connectivity index (χ2n) is 7.05. The minimum absolute atomic E-state index is 0.599. The van der Waals surface area contributed by atoms with Gasteiger partial charge in [0.15, 0.2) is 0 Å². The second kappa shape index (κ2) is 7.98. The Hall–Kier alpha value is -0.440. The lowest BCUT2D eigenvalue weighted by Crippen LogP contribution is -2.25. The van der Waals surface area contributed by atoms with Crippen molar-refractivity contribution in [3.8, 4) is 12.3 Å². The molecule has 0 aromatic carbocycles. The van der Waals surface area contributed by atoms with Crippen LogP contribution in [-0.2, 0) is 0 Å². The highest BCUT2D eigenvalue weighted by Gasteiger charge is 2.30. The lowest BCUT2D eigenvalue weighted by Gasteiger charge is -2.37. The van der Waals surface area contributed by atoms with E-state index in [1.807, 2.05) is 0 Å². The molecule has 0 spiro atoms. The first kappa shape index (κ1) is 15.0. The molecule has 108 valence electrons. The van der Waals surface area contributed by atoms with Gasteiger partial charge in [-0.25, -0.2) is 0 Å². The Morgan fingerprint density at radius 2 is 1.42 bits per heavy atom. The Balaban J connectivity index is 1.65. The van der Waals surface area contributed by atoms with E-state index in [2.05, 4.69) is 12.8 Å². The van der Waals surface area contributed by atoms with Crippen molar-refractivity contribution in [2.24, 2.45) is 23.7 Å². The molecule has 0 heteroatoms. The molecule has 2 saturated carbocycles. The molecule has 19 heavy (non-hydrogen) atoms. The van der Waals surface area contributed by atoms with Gasteiger partial charge in [-0.1, -0.05) is 45.4 Å². The zero-order valence-corrected chi connectivity index (χ0v) is 12.9. The molecular formula is C19H32. The van der Waals surface area contributed by atoms with Crippen LogP contribution in [0, 0.1) is 36.0 Å². The van der Waals surface area contributed by atoms with Crippen LogP contribution in [0.1, 0.15) is 84.0 Å². The van der Waals surface area contributed by atoms with E-state index in [1.54, 1.807) is 0 Å². The summed E-state index contributed by atoms with van der Waals surface area (Å²) in [4.78, 5) is 0. The SMILES string of the molecule is C#CC1CCC([C@H]2CC[C@H](CCCCC)CC2)CC1. The summed E-state index contributed by atoms with van der Waals surface area (Å²) in [5.74, 6) is 6.68. The topological polar surface area (TPSA) is 0 Å². The van der Waals surface area contributed by atoms with E-state index in [9.17, 15) is 0 Å². The molecule has 0 atom stereocenters. The summed E-state index contributed by atoms with van der Waals surface area (Å²) in [6.07, 6.45) is 22.8. The van der Waals surface area contributed by atoms with Crippen LogP contribution < -0.4 is 0 Å². The van der Waals surface area contributed by atoms with Crippen LogP contribution in [0.5, 0.6) is 0 Å². The minimum atomic E-state index is 0.599. The van der Waals surface area contributed by atoms with E-state index in [-0.39, 0.29) is 0 Å². The molecule has 0 heterocycles. The van der Waals surface area contributed by atoms with Crippen molar-refractivity contribution >= 4 is 0 Å². The molecule has 2 aliphatic carbocycles. The fraction of sp³-hybridized carbons (Fsp3) is 0.895. The molecule has 0 radical (unpaired) electrons. The zero-order chi connectivity index (χ0) is 13.5. The Morgan fingerprint density at radius 1 is 0.842 bits per heavy atom. The number of unbranched alkanes of at least 4 members (excludes halogenated alkanes) is 2. The van der Waals surface area contributed by atoms with Gasteiger partial charge in [0.1, 0.15) is 0 Å². The molecule has 0 amide bonds. The number of rotatable bonds is 5. The predicted octanol–water partition coefficient (Wildman–Crippen LogP) is 5.81. The van der Waals surface area contributed by atoms with Crippen LogP contribution in [0.15, 0.2) is 0 Å². The fourth-order valence-corrected chi connectivity index (χ4v) is 4.39. The quantitative estimate of drug-likeness (QED) is 0.432. The van der Waals surface area contributed by atoms with Gasteiger partial charge in [0, 0.05) is 5.92 Å². The van der Waals surface area contributed by atoms with Gasteiger partial charge in [-0.3, -0.25) is 0 Å². The van der Waals surface area contributed by atoms with Gasteiger partial charge in [0.2, 0.25) is 0 Å². The lowest BCUT2D eigenvalue weighted by atomic mass is 9.69. The summed E-state index contributed by atoms with van der Waals surface area (Å²) < 4.78 is 0. The van der Waals surface area contributed by atoms with Gasteiger partial charge >= 0.3 is 0 Å². The van der Waals surface area contributed by atoms with E-state index >= 15 is 0 Å². The van der Waals surface area contributed by atoms with Crippen LogP contribution in [0.3, 0.4) is 0 Å². The lowest BCUT2D eigenvalue weighted by molar-refractivity contribution is 0.153. The van der Waals surface area contributed by atoms with Gasteiger partial charge < -0.3 is 0 Å². The van der Waals surface area contributed by atoms with Gasteiger partial charge in [-0.05, 0) is 56.3 Å². The fourth-order valence-electron chi connectivity index (χ4n) is 4.39. The monoisotopic (exact) mass is 260 g/mol. The van der Waals surface area contributed by atoms with Crippen molar-refractivity contribution in [3.63, 3.8) is 0 Å². The molecule has 0 unspecified atom stereocenters. The van der Waals surface area contributed by atoms with E-state index in [0.717, 1.165) is 17.8 Å². The zero-order valence-electron chi connectivity index (χ0n) is 12.9. The molecule has 0 nitrogen and oxygen atoms in total. The normalized spacial score (nSPS) is 35.8. The number of hydrogen-bond acceptors (Lipinski definition) is 0. The Kier molecular flexibility index (Phi) is 6.29. The van der Waals surface area contributed by atoms with Gasteiger partial charge in [0.25, 0.3) is 0 Å². The van der Waals surface area contributed by atoms with Crippen molar-refractivity contribution in [2.75, 3.05) is 0 Å². The Bertz CT molecular complexity index is 269. The Morgan fingerprint density at radius 3 is 1.95 bits per heavy atom. The van der Waals surface area contributed by atoms with Crippen molar-refractivity contribution < 1.29 is 0 Å². The van der Waals surface area contributed by atoms with E-state index in [4.69, 9.17) is 6.42 Å². The summed E-state index contributed by atoms with van der Waals surface area (Å²) in [6, 6.07) is 0. The van der Waals surface area contributed by atoms with Crippen molar-refractivity contribution in [3.05, 3.63) is 0 Å². The molecule has 0 aromatic rings. The summed E-state index contributed by atoms with van der Waals surface area (Å²) in [5, 5.41) is 0. The largest absolute Gasteiger partial charge is 0.120 e. The summed E-state index contributed by atoms with van der Waals surface area (Å²) in [7, 11) is 0. The highest BCUT2D eigenvalue weighted by Crippen LogP contribution is 2.42. The molecule has 0 bridgehead atoms. The third-order valence-electron chi connectivity index (χ3n) is 5.78. The first-order valence-corrected chi connectivity index (χ1v) is 8.79. The summed E-state index contributed by atoms with van der Waals surface area (Å²) in [5.41, 5.74) is 0. The molecular weight excluding hydrogens is 228 g/mol. The smallest absolute Gasteiger partial charge is 0.0200 e. The van der Waals surface area contributed by atoms with E-state index < -0.39 is 0 Å². The summed E-state index contributed by atoms with van der Waals surface area (Å²) in [6.45, 7) is 2.31. The van der Waals surface area contributed by atoms with Crippen molar-refractivity contribution in [1.29, 1.82) is 0 Å². The van der Waals surface area contributed by atoms with Crippen LogP contribution in [0.25, 0.3) is 0 Å². The first-order valence-electron chi connectivity index (χ1n) is 8.79. The standard InChI is InChI=1S/C19H32/c1-3-5-6-7-17-10-14-19(15-11-17)18-12-8-16(4-2)9-13-18/h2,16-19H,3,5-15H2,1H3/t16?,17-,18?,19-. The number of terminal acetylenes is 1. The molecule has 2 rings (SSSR count).